The Hall–Kier alpha value is -2.39. The monoisotopic (exact) mass is 438 g/mol. The van der Waals surface area contributed by atoms with Crippen LogP contribution in [0.3, 0.4) is 0 Å². The molecular weight excluding hydrogens is 408 g/mol. The highest BCUT2D eigenvalue weighted by Crippen LogP contribution is 2.23. The molecule has 1 heterocycles. The maximum absolute atomic E-state index is 12.5. The second-order valence-corrected chi connectivity index (χ2v) is 9.99. The molecule has 0 amide bonds. The summed E-state index contributed by atoms with van der Waals surface area (Å²) in [5.41, 5.74) is -0.120. The van der Waals surface area contributed by atoms with E-state index in [-0.39, 0.29) is 30.8 Å². The van der Waals surface area contributed by atoms with E-state index in [1.807, 2.05) is 31.2 Å². The van der Waals surface area contributed by atoms with Crippen molar-refractivity contribution in [1.82, 2.24) is 9.55 Å². The molecule has 0 saturated heterocycles. The molecule has 0 aliphatic heterocycles. The number of hydrogen-bond acceptors (Lipinski definition) is 6. The van der Waals surface area contributed by atoms with Gasteiger partial charge in [0.2, 0.25) is 0 Å². The van der Waals surface area contributed by atoms with E-state index >= 15 is 0 Å². The summed E-state index contributed by atoms with van der Waals surface area (Å²) in [6.45, 7) is 6.79. The predicted octanol–water partition coefficient (Wildman–Crippen LogP) is 2.15. The Bertz CT molecular complexity index is 1030. The number of aromatic nitrogens is 2. The van der Waals surface area contributed by atoms with Crippen LogP contribution in [0.1, 0.15) is 38.7 Å². The second kappa shape index (κ2) is 11.1. The second-order valence-electron chi connectivity index (χ2n) is 7.76. The highest BCUT2D eigenvalue weighted by molar-refractivity contribution is 7.91. The van der Waals surface area contributed by atoms with Gasteiger partial charge in [-0.25, -0.2) is 13.2 Å². The van der Waals surface area contributed by atoms with Gasteiger partial charge in [0.1, 0.15) is 12.5 Å². The van der Waals surface area contributed by atoms with Crippen molar-refractivity contribution in [3.05, 3.63) is 62.9 Å². The lowest BCUT2D eigenvalue weighted by molar-refractivity contribution is 0.0745. The normalized spacial score (nSPS) is 12.8. The quantitative estimate of drug-likeness (QED) is 0.509. The highest BCUT2D eigenvalue weighted by Gasteiger charge is 2.17. The molecule has 8 nitrogen and oxygen atoms in total. The van der Waals surface area contributed by atoms with Crippen LogP contribution in [0.25, 0.3) is 0 Å². The van der Waals surface area contributed by atoms with E-state index in [1.165, 1.54) is 16.8 Å². The Balaban J connectivity index is 1.79. The topological polar surface area (TPSA) is 107 Å². The Morgan fingerprint density at radius 3 is 2.60 bits per heavy atom. The number of nitrogens with one attached hydrogen (secondary N) is 1. The van der Waals surface area contributed by atoms with Gasteiger partial charge in [-0.3, -0.25) is 14.3 Å². The molecule has 0 aliphatic rings. The average Bonchev–Trinajstić information content (AvgIpc) is 2.67. The van der Waals surface area contributed by atoms with Gasteiger partial charge in [-0.15, -0.1) is 0 Å². The first-order chi connectivity index (χ1) is 14.2. The lowest BCUT2D eigenvalue weighted by Crippen LogP contribution is -2.29. The van der Waals surface area contributed by atoms with Crippen molar-refractivity contribution in [1.29, 1.82) is 0 Å². The molecule has 1 N–H and O–H groups in total. The molecule has 0 unspecified atom stereocenters. The molecule has 0 bridgehead atoms. The molecule has 9 heteroatoms. The van der Waals surface area contributed by atoms with E-state index in [0.29, 0.717) is 18.9 Å². The lowest BCUT2D eigenvalue weighted by Gasteiger charge is -2.15. The fourth-order valence-electron chi connectivity index (χ4n) is 2.82. The Morgan fingerprint density at radius 1 is 1.13 bits per heavy atom. The van der Waals surface area contributed by atoms with Crippen molar-refractivity contribution in [2.75, 3.05) is 24.7 Å². The van der Waals surface area contributed by atoms with Crippen molar-refractivity contribution in [2.24, 2.45) is 5.92 Å². The number of sulfone groups is 1. The number of rotatable bonds is 12. The predicted molar refractivity (Wildman–Crippen MR) is 116 cm³/mol. The summed E-state index contributed by atoms with van der Waals surface area (Å²) < 4.78 is 37.2. The molecular formula is C21H30N2O6S. The molecule has 0 spiro atoms. The van der Waals surface area contributed by atoms with Gasteiger partial charge in [-0.2, -0.15) is 0 Å². The molecule has 1 aromatic heterocycles. The van der Waals surface area contributed by atoms with E-state index in [2.05, 4.69) is 18.8 Å². The van der Waals surface area contributed by atoms with Crippen molar-refractivity contribution in [3.63, 3.8) is 0 Å². The van der Waals surface area contributed by atoms with Crippen LogP contribution in [0.5, 0.6) is 5.75 Å². The van der Waals surface area contributed by atoms with Crippen LogP contribution in [0, 0.1) is 5.92 Å². The molecule has 2 aromatic rings. The lowest BCUT2D eigenvalue weighted by atomic mass is 10.0. The summed E-state index contributed by atoms with van der Waals surface area (Å²) in [5, 5.41) is 0. The third-order valence-electron chi connectivity index (χ3n) is 4.39. The Kier molecular flexibility index (Phi) is 8.86. The van der Waals surface area contributed by atoms with Crippen molar-refractivity contribution in [2.45, 2.75) is 39.8 Å². The van der Waals surface area contributed by atoms with Crippen molar-refractivity contribution in [3.8, 4) is 5.75 Å². The number of benzene rings is 1. The first kappa shape index (κ1) is 23.9. The highest BCUT2D eigenvalue weighted by atomic mass is 32.2. The summed E-state index contributed by atoms with van der Waals surface area (Å²) in [5.74, 6) is 1.05. The third-order valence-corrected chi connectivity index (χ3v) is 6.30. The summed E-state index contributed by atoms with van der Waals surface area (Å²) in [4.78, 5) is 24.7. The fourth-order valence-corrected chi connectivity index (χ4v) is 4.50. The summed E-state index contributed by atoms with van der Waals surface area (Å²) in [6, 6.07) is 8.78. The van der Waals surface area contributed by atoms with Gasteiger partial charge in [0.05, 0.1) is 18.1 Å². The number of nitrogens with zero attached hydrogens (tertiary/aromatic N) is 1. The van der Waals surface area contributed by atoms with E-state index in [9.17, 15) is 18.0 Å². The number of H-pyrrole nitrogens is 1. The third kappa shape index (κ3) is 8.16. The van der Waals surface area contributed by atoms with Crippen LogP contribution >= 0.6 is 0 Å². The van der Waals surface area contributed by atoms with Gasteiger partial charge < -0.3 is 9.47 Å². The van der Waals surface area contributed by atoms with E-state index < -0.39 is 21.1 Å². The smallest absolute Gasteiger partial charge is 0.330 e. The summed E-state index contributed by atoms with van der Waals surface area (Å²) in [6.07, 6.45) is 1.66. The van der Waals surface area contributed by atoms with Crippen molar-refractivity contribution >= 4 is 9.84 Å². The van der Waals surface area contributed by atoms with E-state index in [0.717, 1.165) is 11.3 Å². The van der Waals surface area contributed by atoms with Crippen LogP contribution in [0.2, 0.25) is 0 Å². The van der Waals surface area contributed by atoms with E-state index in [4.69, 9.17) is 9.47 Å². The SMILES string of the molecule is CC(C)COc1cccc([C@@H](C)CS(=O)(=O)CCCOCn2ccc(=O)[nH]c2=O)c1. The standard InChI is InChI=1S/C21H30N2O6S/c1-16(2)13-29-19-7-4-6-18(12-19)17(3)14-30(26,27)11-5-10-28-15-23-9-8-20(24)22-21(23)25/h4,6-9,12,16-17H,5,10-11,13-15H2,1-3H3,(H,22,24,25)/t17-/m0/s1. The Labute approximate surface area is 176 Å². The van der Waals surface area contributed by atoms with Gasteiger partial charge in [-0.05, 0) is 36.0 Å². The molecule has 2 rings (SSSR count). The fraction of sp³-hybridized carbons (Fsp3) is 0.524. The van der Waals surface area contributed by atoms with Gasteiger partial charge in [-0.1, -0.05) is 32.9 Å². The first-order valence-corrected chi connectivity index (χ1v) is 11.8. The molecule has 0 saturated carbocycles. The molecule has 1 atom stereocenters. The van der Waals surface area contributed by atoms with Crippen LogP contribution in [0.4, 0.5) is 0 Å². The first-order valence-electron chi connectivity index (χ1n) is 9.97. The van der Waals surface area contributed by atoms with Gasteiger partial charge in [0.15, 0.2) is 9.84 Å². The minimum Gasteiger partial charge on any atom is -0.493 e. The zero-order valence-electron chi connectivity index (χ0n) is 17.7. The summed E-state index contributed by atoms with van der Waals surface area (Å²) >= 11 is 0. The minimum atomic E-state index is -3.26. The molecule has 1 aromatic carbocycles. The number of ether oxygens (including phenoxy) is 2. The van der Waals surface area contributed by atoms with Crippen LogP contribution in [-0.4, -0.2) is 42.7 Å². The van der Waals surface area contributed by atoms with Gasteiger partial charge >= 0.3 is 5.69 Å². The van der Waals surface area contributed by atoms with Gasteiger partial charge in [0, 0.05) is 18.9 Å². The van der Waals surface area contributed by atoms with Crippen LogP contribution in [-0.2, 0) is 21.3 Å². The molecule has 0 radical (unpaired) electrons. The van der Waals surface area contributed by atoms with Crippen molar-refractivity contribution < 1.29 is 17.9 Å². The van der Waals surface area contributed by atoms with Crippen LogP contribution in [0.15, 0.2) is 46.1 Å². The molecule has 166 valence electrons. The molecule has 30 heavy (non-hydrogen) atoms. The molecule has 0 aliphatic carbocycles. The molecule has 0 fully saturated rings. The largest absolute Gasteiger partial charge is 0.493 e. The maximum atomic E-state index is 12.5. The minimum absolute atomic E-state index is 0.00139. The number of hydrogen-bond donors (Lipinski definition) is 1. The summed E-state index contributed by atoms with van der Waals surface area (Å²) in [7, 11) is -3.26. The zero-order valence-corrected chi connectivity index (χ0v) is 18.5. The maximum Gasteiger partial charge on any atom is 0.330 e. The van der Waals surface area contributed by atoms with Crippen LogP contribution < -0.4 is 16.0 Å². The number of aromatic amines is 1. The zero-order chi connectivity index (χ0) is 22.1. The van der Waals surface area contributed by atoms with Gasteiger partial charge in [0.25, 0.3) is 5.56 Å². The van der Waals surface area contributed by atoms with E-state index in [1.54, 1.807) is 0 Å². The Morgan fingerprint density at radius 2 is 1.90 bits per heavy atom. The average molecular weight is 439 g/mol.